The van der Waals surface area contributed by atoms with Crippen LogP contribution >= 0.6 is 23.5 Å². The molecule has 0 N–H and O–H groups in total. The van der Waals surface area contributed by atoms with Crippen LogP contribution in [0.25, 0.3) is 0 Å². The molecule has 1 nitrogen and oxygen atoms in total. The molecule has 2 aromatic carbocycles. The number of hydrogen-bond acceptors (Lipinski definition) is 2. The summed E-state index contributed by atoms with van der Waals surface area (Å²) in [7, 11) is 0. The molecule has 0 radical (unpaired) electrons. The van der Waals surface area contributed by atoms with Gasteiger partial charge in [0.25, 0.3) is 0 Å². The largest absolute Gasteiger partial charge is 0.264 e. The first kappa shape index (κ1) is 11.3. The highest BCUT2D eigenvalue weighted by Gasteiger charge is 2.03. The van der Waals surface area contributed by atoms with Crippen molar-refractivity contribution in [2.45, 2.75) is 4.90 Å². The SMILES string of the molecule is C=[SH]N(Sc1ccccc1)c1ccccc1. The van der Waals surface area contributed by atoms with E-state index in [4.69, 9.17) is 0 Å². The summed E-state index contributed by atoms with van der Waals surface area (Å²) in [6.45, 7) is 0. The van der Waals surface area contributed by atoms with Gasteiger partial charge in [-0.05, 0) is 36.2 Å². The molecule has 0 atom stereocenters. The van der Waals surface area contributed by atoms with E-state index in [1.807, 2.05) is 36.4 Å². The van der Waals surface area contributed by atoms with Gasteiger partial charge < -0.3 is 0 Å². The fourth-order valence-electron chi connectivity index (χ4n) is 1.30. The van der Waals surface area contributed by atoms with Crippen molar-refractivity contribution in [3.05, 3.63) is 60.7 Å². The van der Waals surface area contributed by atoms with Gasteiger partial charge in [0.1, 0.15) is 0 Å². The van der Waals surface area contributed by atoms with Crippen LogP contribution in [0.15, 0.2) is 65.6 Å². The van der Waals surface area contributed by atoms with Crippen LogP contribution in [0, 0.1) is 0 Å². The summed E-state index contributed by atoms with van der Waals surface area (Å²) in [6, 6.07) is 20.6. The Bertz CT molecular complexity index is 442. The highest BCUT2D eigenvalue weighted by atomic mass is 32.2. The van der Waals surface area contributed by atoms with Crippen LogP contribution in [-0.2, 0) is 0 Å². The van der Waals surface area contributed by atoms with Crippen LogP contribution in [0.1, 0.15) is 0 Å². The lowest BCUT2D eigenvalue weighted by molar-refractivity contribution is 1.45. The molecule has 0 aliphatic rings. The Labute approximate surface area is 104 Å². The lowest BCUT2D eigenvalue weighted by atomic mass is 10.3. The predicted molar refractivity (Wildman–Crippen MR) is 77.3 cm³/mol. The van der Waals surface area contributed by atoms with E-state index in [-0.39, 0.29) is 0 Å². The van der Waals surface area contributed by atoms with E-state index in [0.717, 1.165) is 11.5 Å². The standard InChI is InChI=1S/C13H13NS2/c1-15-14(12-8-4-2-5-9-12)16-13-10-6-3-7-11-13/h2-11,15H,1H2. The first-order chi connectivity index (χ1) is 7.90. The van der Waals surface area contributed by atoms with Gasteiger partial charge in [0.2, 0.25) is 0 Å². The molecule has 0 aliphatic heterocycles. The van der Waals surface area contributed by atoms with Crippen molar-refractivity contribution in [2.24, 2.45) is 0 Å². The summed E-state index contributed by atoms with van der Waals surface area (Å²) >= 11 is 2.68. The average Bonchev–Trinajstić information content (AvgIpc) is 2.38. The second-order valence-corrected chi connectivity index (χ2v) is 5.13. The molecule has 0 amide bonds. The Morgan fingerprint density at radius 2 is 1.44 bits per heavy atom. The fraction of sp³-hybridized carbons (Fsp3) is 0. The number of anilines is 1. The maximum atomic E-state index is 3.94. The molecule has 0 aliphatic carbocycles. The molecule has 82 valence electrons. The maximum Gasteiger partial charge on any atom is 0.0589 e. The van der Waals surface area contributed by atoms with Gasteiger partial charge in [-0.1, -0.05) is 42.3 Å². The number of rotatable bonds is 4. The molecule has 0 heterocycles. The Hall–Kier alpha value is -1.19. The molecular weight excluding hydrogens is 234 g/mol. The molecule has 0 saturated heterocycles. The van der Waals surface area contributed by atoms with E-state index in [1.54, 1.807) is 11.9 Å². The summed E-state index contributed by atoms with van der Waals surface area (Å²) in [5.74, 6) is 3.94. The van der Waals surface area contributed by atoms with E-state index in [0.29, 0.717) is 0 Å². The third-order valence-corrected chi connectivity index (χ3v) is 3.99. The van der Waals surface area contributed by atoms with Gasteiger partial charge in [-0.15, -0.1) is 11.5 Å². The topological polar surface area (TPSA) is 3.24 Å². The zero-order valence-corrected chi connectivity index (χ0v) is 10.5. The molecule has 0 aromatic heterocycles. The van der Waals surface area contributed by atoms with Crippen molar-refractivity contribution in [1.82, 2.24) is 0 Å². The number of hydrogen-bond donors (Lipinski definition) is 1. The van der Waals surface area contributed by atoms with E-state index in [1.165, 1.54) is 10.6 Å². The van der Waals surface area contributed by atoms with E-state index >= 15 is 0 Å². The summed E-state index contributed by atoms with van der Waals surface area (Å²) < 4.78 is 2.15. The predicted octanol–water partition coefficient (Wildman–Crippen LogP) is 4.01. The molecule has 16 heavy (non-hydrogen) atoms. The highest BCUT2D eigenvalue weighted by Crippen LogP contribution is 2.31. The quantitative estimate of drug-likeness (QED) is 0.494. The van der Waals surface area contributed by atoms with Crippen LogP contribution in [0.3, 0.4) is 0 Å². The second-order valence-electron chi connectivity index (χ2n) is 3.15. The van der Waals surface area contributed by atoms with E-state index in [2.05, 4.69) is 33.8 Å². The molecular formula is C13H13NS2. The van der Waals surface area contributed by atoms with E-state index in [9.17, 15) is 0 Å². The van der Waals surface area contributed by atoms with Gasteiger partial charge in [-0.25, -0.2) is 0 Å². The molecule has 0 spiro atoms. The Morgan fingerprint density at radius 3 is 2.00 bits per heavy atom. The van der Waals surface area contributed by atoms with Crippen molar-refractivity contribution in [3.8, 4) is 0 Å². The number of thiol groups is 1. The van der Waals surface area contributed by atoms with Crippen molar-refractivity contribution in [3.63, 3.8) is 0 Å². The maximum absolute atomic E-state index is 3.94. The van der Waals surface area contributed by atoms with Crippen LogP contribution in [0.2, 0.25) is 0 Å². The van der Waals surface area contributed by atoms with Gasteiger partial charge in [0, 0.05) is 4.90 Å². The van der Waals surface area contributed by atoms with Gasteiger partial charge in [0.15, 0.2) is 0 Å². The summed E-state index contributed by atoms with van der Waals surface area (Å²) in [4.78, 5) is 1.22. The van der Waals surface area contributed by atoms with Gasteiger partial charge in [0.05, 0.1) is 5.69 Å². The zero-order chi connectivity index (χ0) is 11.2. The van der Waals surface area contributed by atoms with Crippen LogP contribution in [0.4, 0.5) is 5.69 Å². The third kappa shape index (κ3) is 2.90. The van der Waals surface area contributed by atoms with Crippen molar-refractivity contribution in [2.75, 3.05) is 3.71 Å². The third-order valence-electron chi connectivity index (χ3n) is 2.04. The van der Waals surface area contributed by atoms with Gasteiger partial charge in [-0.3, -0.25) is 3.71 Å². The summed E-state index contributed by atoms with van der Waals surface area (Å²) in [5.41, 5.74) is 1.17. The van der Waals surface area contributed by atoms with Crippen molar-refractivity contribution in [1.29, 1.82) is 0 Å². The smallest absolute Gasteiger partial charge is 0.0589 e. The highest BCUT2D eigenvalue weighted by molar-refractivity contribution is 8.16. The first-order valence-electron chi connectivity index (χ1n) is 4.95. The van der Waals surface area contributed by atoms with Crippen molar-refractivity contribution >= 4 is 35.0 Å². The van der Waals surface area contributed by atoms with Crippen LogP contribution in [-0.4, -0.2) is 5.87 Å². The molecule has 3 heteroatoms. The lowest BCUT2D eigenvalue weighted by Gasteiger charge is -2.18. The van der Waals surface area contributed by atoms with Crippen LogP contribution in [0.5, 0.6) is 0 Å². The molecule has 0 saturated carbocycles. The number of nitrogens with zero attached hydrogens (tertiary/aromatic N) is 1. The summed E-state index contributed by atoms with van der Waals surface area (Å²) in [6.07, 6.45) is 0. The fourth-order valence-corrected chi connectivity index (χ4v) is 2.82. The average molecular weight is 247 g/mol. The monoisotopic (exact) mass is 247 g/mol. The van der Waals surface area contributed by atoms with Gasteiger partial charge in [-0.2, -0.15) is 0 Å². The second kappa shape index (κ2) is 5.77. The lowest BCUT2D eigenvalue weighted by Crippen LogP contribution is -1.99. The van der Waals surface area contributed by atoms with Crippen LogP contribution < -0.4 is 3.71 Å². The molecule has 0 unspecified atom stereocenters. The van der Waals surface area contributed by atoms with Gasteiger partial charge >= 0.3 is 0 Å². The molecule has 2 rings (SSSR count). The minimum atomic E-state index is 0.981. The molecule has 2 aromatic rings. The Kier molecular flexibility index (Phi) is 4.08. The first-order valence-corrected chi connectivity index (χ1v) is 6.75. The zero-order valence-electron chi connectivity index (χ0n) is 8.78. The number of benzene rings is 2. The Morgan fingerprint density at radius 1 is 0.875 bits per heavy atom. The minimum Gasteiger partial charge on any atom is -0.264 e. The Balaban J connectivity index is 2.16. The van der Waals surface area contributed by atoms with E-state index < -0.39 is 0 Å². The molecule has 0 bridgehead atoms. The number of para-hydroxylation sites is 1. The van der Waals surface area contributed by atoms with Crippen molar-refractivity contribution < 1.29 is 0 Å². The molecule has 0 fully saturated rings. The minimum absolute atomic E-state index is 0.981. The normalized spacial score (nSPS) is 10.0. The summed E-state index contributed by atoms with van der Waals surface area (Å²) in [5, 5.41) is 0.